The fraction of sp³-hybridized carbons (Fsp3) is 0.125. The molecule has 4 nitrogen and oxygen atoms in total. The Morgan fingerprint density at radius 3 is 2.23 bits per heavy atom. The van der Waals surface area contributed by atoms with E-state index in [1.165, 1.54) is 31.4 Å². The summed E-state index contributed by atoms with van der Waals surface area (Å²) in [5.41, 5.74) is 0.845. The van der Waals surface area contributed by atoms with Crippen LogP contribution in [0, 0.1) is 5.82 Å². The first-order valence-electron chi connectivity index (χ1n) is 6.41. The zero-order chi connectivity index (χ0) is 16.1. The van der Waals surface area contributed by atoms with E-state index in [1.54, 1.807) is 24.3 Å². The summed E-state index contributed by atoms with van der Waals surface area (Å²) in [5.74, 6) is -1.51. The summed E-state index contributed by atoms with van der Waals surface area (Å²) in [7, 11) is 1.25. The van der Waals surface area contributed by atoms with Crippen molar-refractivity contribution in [3.63, 3.8) is 0 Å². The number of nitrogens with one attached hydrogen (secondary N) is 1. The SMILES string of the molecule is COC(=O)[C@@H](NC(=O)c1ccc(F)cc1)c1ccc(Br)cc1. The van der Waals surface area contributed by atoms with Gasteiger partial charge < -0.3 is 10.1 Å². The maximum Gasteiger partial charge on any atom is 0.333 e. The highest BCUT2D eigenvalue weighted by molar-refractivity contribution is 9.10. The molecule has 0 aliphatic heterocycles. The van der Waals surface area contributed by atoms with E-state index in [0.717, 1.165) is 4.47 Å². The molecule has 2 aromatic carbocycles. The lowest BCUT2D eigenvalue weighted by Gasteiger charge is -2.17. The number of halogens is 2. The second-order valence-electron chi connectivity index (χ2n) is 4.49. The van der Waals surface area contributed by atoms with Crippen LogP contribution in [0.15, 0.2) is 53.0 Å². The maximum atomic E-state index is 12.9. The average molecular weight is 366 g/mol. The molecule has 0 radical (unpaired) electrons. The monoisotopic (exact) mass is 365 g/mol. The molecule has 2 rings (SSSR count). The van der Waals surface area contributed by atoms with Crippen molar-refractivity contribution in [3.05, 3.63) is 69.9 Å². The van der Waals surface area contributed by atoms with Gasteiger partial charge in [-0.1, -0.05) is 28.1 Å². The van der Waals surface area contributed by atoms with Gasteiger partial charge in [-0.15, -0.1) is 0 Å². The molecule has 0 bridgehead atoms. The summed E-state index contributed by atoms with van der Waals surface area (Å²) in [6, 6.07) is 11.1. The maximum absolute atomic E-state index is 12.9. The first-order chi connectivity index (χ1) is 10.5. The van der Waals surface area contributed by atoms with E-state index in [4.69, 9.17) is 4.74 Å². The Morgan fingerprint density at radius 1 is 1.09 bits per heavy atom. The molecule has 0 saturated heterocycles. The van der Waals surface area contributed by atoms with Crippen LogP contribution in [-0.2, 0) is 9.53 Å². The third-order valence-electron chi connectivity index (χ3n) is 3.02. The number of methoxy groups -OCH3 is 1. The van der Waals surface area contributed by atoms with E-state index in [2.05, 4.69) is 21.2 Å². The van der Waals surface area contributed by atoms with Crippen molar-refractivity contribution in [2.75, 3.05) is 7.11 Å². The minimum Gasteiger partial charge on any atom is -0.467 e. The van der Waals surface area contributed by atoms with Crippen LogP contribution < -0.4 is 5.32 Å². The number of carbonyl (C=O) groups excluding carboxylic acids is 2. The van der Waals surface area contributed by atoms with E-state index < -0.39 is 23.7 Å². The number of hydrogen-bond acceptors (Lipinski definition) is 3. The quantitative estimate of drug-likeness (QED) is 0.846. The lowest BCUT2D eigenvalue weighted by molar-refractivity contribution is -0.143. The Labute approximate surface area is 135 Å². The first kappa shape index (κ1) is 16.2. The lowest BCUT2D eigenvalue weighted by Crippen LogP contribution is -2.34. The van der Waals surface area contributed by atoms with E-state index >= 15 is 0 Å². The van der Waals surface area contributed by atoms with Crippen molar-refractivity contribution in [1.29, 1.82) is 0 Å². The van der Waals surface area contributed by atoms with Crippen molar-refractivity contribution in [2.45, 2.75) is 6.04 Å². The topological polar surface area (TPSA) is 55.4 Å². The first-order valence-corrected chi connectivity index (χ1v) is 7.20. The van der Waals surface area contributed by atoms with Gasteiger partial charge in [-0.3, -0.25) is 4.79 Å². The molecule has 1 amide bonds. The van der Waals surface area contributed by atoms with Crippen LogP contribution in [0.2, 0.25) is 0 Å². The highest BCUT2D eigenvalue weighted by Gasteiger charge is 2.24. The third kappa shape index (κ3) is 3.92. The van der Waals surface area contributed by atoms with Gasteiger partial charge in [0.05, 0.1) is 7.11 Å². The molecule has 6 heteroatoms. The van der Waals surface area contributed by atoms with Crippen LogP contribution in [-0.4, -0.2) is 19.0 Å². The van der Waals surface area contributed by atoms with E-state index in [9.17, 15) is 14.0 Å². The second-order valence-corrected chi connectivity index (χ2v) is 5.40. The fourth-order valence-corrected chi connectivity index (χ4v) is 2.13. The molecular weight excluding hydrogens is 353 g/mol. The normalized spacial score (nSPS) is 11.6. The minimum atomic E-state index is -0.935. The molecule has 1 N–H and O–H groups in total. The van der Waals surface area contributed by atoms with Gasteiger partial charge in [-0.05, 0) is 42.0 Å². The molecule has 0 aliphatic carbocycles. The van der Waals surface area contributed by atoms with E-state index in [1.807, 2.05) is 0 Å². The van der Waals surface area contributed by atoms with Crippen LogP contribution in [0.5, 0.6) is 0 Å². The number of carbonyl (C=O) groups is 2. The fourth-order valence-electron chi connectivity index (χ4n) is 1.87. The third-order valence-corrected chi connectivity index (χ3v) is 3.55. The zero-order valence-corrected chi connectivity index (χ0v) is 13.3. The Bertz CT molecular complexity index is 671. The number of esters is 1. The summed E-state index contributed by atoms with van der Waals surface area (Å²) < 4.78 is 18.5. The van der Waals surface area contributed by atoms with Gasteiger partial charge in [0.1, 0.15) is 5.82 Å². The summed E-state index contributed by atoms with van der Waals surface area (Å²) >= 11 is 3.30. The van der Waals surface area contributed by atoms with Gasteiger partial charge in [0, 0.05) is 10.0 Å². The standard InChI is InChI=1S/C16H13BrFNO3/c1-22-16(21)14(10-2-6-12(17)7-3-10)19-15(20)11-4-8-13(18)9-5-11/h2-9,14H,1H3,(H,19,20)/t14-/m0/s1. The Kier molecular flexibility index (Phi) is 5.27. The van der Waals surface area contributed by atoms with Crippen LogP contribution in [0.3, 0.4) is 0 Å². The molecule has 114 valence electrons. The van der Waals surface area contributed by atoms with Gasteiger partial charge in [0.15, 0.2) is 6.04 Å². The van der Waals surface area contributed by atoms with E-state index in [0.29, 0.717) is 5.56 Å². The van der Waals surface area contributed by atoms with Crippen molar-refractivity contribution in [3.8, 4) is 0 Å². The van der Waals surface area contributed by atoms with Crippen LogP contribution in [0.4, 0.5) is 4.39 Å². The Morgan fingerprint density at radius 2 is 1.68 bits per heavy atom. The van der Waals surface area contributed by atoms with Crippen LogP contribution >= 0.6 is 15.9 Å². The molecule has 0 unspecified atom stereocenters. The number of ether oxygens (including phenoxy) is 1. The summed E-state index contributed by atoms with van der Waals surface area (Å²) in [6.45, 7) is 0. The Balaban J connectivity index is 2.23. The molecule has 0 aromatic heterocycles. The predicted octanol–water partition coefficient (Wildman–Crippen LogP) is 3.23. The van der Waals surface area contributed by atoms with Crippen LogP contribution in [0.25, 0.3) is 0 Å². The van der Waals surface area contributed by atoms with E-state index in [-0.39, 0.29) is 5.56 Å². The van der Waals surface area contributed by atoms with Gasteiger partial charge in [0.25, 0.3) is 5.91 Å². The smallest absolute Gasteiger partial charge is 0.333 e. The number of benzene rings is 2. The molecule has 0 spiro atoms. The highest BCUT2D eigenvalue weighted by atomic mass is 79.9. The molecule has 0 heterocycles. The summed E-state index contributed by atoms with van der Waals surface area (Å²) in [5, 5.41) is 2.59. The molecule has 0 fully saturated rings. The minimum absolute atomic E-state index is 0.257. The highest BCUT2D eigenvalue weighted by Crippen LogP contribution is 2.19. The molecule has 1 atom stereocenters. The lowest BCUT2D eigenvalue weighted by atomic mass is 10.1. The molecule has 0 aliphatic rings. The largest absolute Gasteiger partial charge is 0.467 e. The number of amides is 1. The zero-order valence-electron chi connectivity index (χ0n) is 11.7. The van der Waals surface area contributed by atoms with Crippen molar-refractivity contribution < 1.29 is 18.7 Å². The van der Waals surface area contributed by atoms with Crippen molar-refractivity contribution in [1.82, 2.24) is 5.32 Å². The summed E-state index contributed by atoms with van der Waals surface area (Å²) in [6.07, 6.45) is 0. The van der Waals surface area contributed by atoms with Crippen LogP contribution in [0.1, 0.15) is 22.0 Å². The van der Waals surface area contributed by atoms with Crippen molar-refractivity contribution >= 4 is 27.8 Å². The molecule has 0 saturated carbocycles. The van der Waals surface area contributed by atoms with Crippen molar-refractivity contribution in [2.24, 2.45) is 0 Å². The summed E-state index contributed by atoms with van der Waals surface area (Å²) in [4.78, 5) is 24.1. The molecular formula is C16H13BrFNO3. The Hall–Kier alpha value is -2.21. The molecule has 2 aromatic rings. The van der Waals surface area contributed by atoms with Gasteiger partial charge in [0.2, 0.25) is 0 Å². The predicted molar refractivity (Wildman–Crippen MR) is 82.8 cm³/mol. The second kappa shape index (κ2) is 7.17. The number of hydrogen-bond donors (Lipinski definition) is 1. The van der Waals surface area contributed by atoms with Gasteiger partial charge in [-0.2, -0.15) is 0 Å². The molecule has 22 heavy (non-hydrogen) atoms. The number of rotatable bonds is 4. The average Bonchev–Trinajstić information content (AvgIpc) is 2.53. The van der Waals surface area contributed by atoms with Gasteiger partial charge in [-0.25, -0.2) is 9.18 Å². The van der Waals surface area contributed by atoms with Gasteiger partial charge >= 0.3 is 5.97 Å².